The van der Waals surface area contributed by atoms with Crippen LogP contribution in [0.15, 0.2) is 0 Å². The van der Waals surface area contributed by atoms with E-state index in [1.54, 1.807) is 0 Å². The summed E-state index contributed by atoms with van der Waals surface area (Å²) >= 11 is 0. The summed E-state index contributed by atoms with van der Waals surface area (Å²) in [5.41, 5.74) is 0. The molecule has 42 valence electrons. The molecule has 1 rings (SSSR count). The van der Waals surface area contributed by atoms with Crippen LogP contribution in [0.25, 0.3) is 0 Å². The van der Waals surface area contributed by atoms with Crippen LogP contribution in [0, 0.1) is 19.3 Å². The first-order valence-corrected chi connectivity index (χ1v) is 1.99. The van der Waals surface area contributed by atoms with E-state index in [9.17, 15) is 0 Å². The van der Waals surface area contributed by atoms with Gasteiger partial charge in [-0.1, -0.05) is 0 Å². The summed E-state index contributed by atoms with van der Waals surface area (Å²) in [5.74, 6) is 0. The molecule has 0 saturated carbocycles. The Balaban J connectivity index is 0. The predicted molar refractivity (Wildman–Crippen MR) is 24.0 cm³/mol. The summed E-state index contributed by atoms with van der Waals surface area (Å²) in [5, 5.41) is 0. The van der Waals surface area contributed by atoms with Gasteiger partial charge in [0.25, 0.3) is 0 Å². The second kappa shape index (κ2) is 4.90. The summed E-state index contributed by atoms with van der Waals surface area (Å²) in [6.45, 7) is 8.94. The van der Waals surface area contributed by atoms with Crippen molar-refractivity contribution in [2.75, 3.05) is 13.2 Å². The number of hydrogen-bond acceptors (Lipinski definition) is 1. The minimum atomic E-state index is 0. The minimum absolute atomic E-state index is 0. The van der Waals surface area contributed by atoms with E-state index >= 15 is 0 Å². The SMILES string of the molecule is [CH2-]C1([CH2-])COC1.[Y].[Y]. The van der Waals surface area contributed by atoms with Crippen molar-refractivity contribution in [3.8, 4) is 0 Å². The van der Waals surface area contributed by atoms with Crippen molar-refractivity contribution in [3.05, 3.63) is 13.8 Å². The van der Waals surface area contributed by atoms with Gasteiger partial charge in [-0.25, -0.2) is 5.41 Å². The van der Waals surface area contributed by atoms with Crippen LogP contribution >= 0.6 is 0 Å². The first-order valence-electron chi connectivity index (χ1n) is 1.99. The molecule has 0 amide bonds. The Bertz CT molecular complexity index is 57.4. The van der Waals surface area contributed by atoms with E-state index in [2.05, 4.69) is 13.8 Å². The van der Waals surface area contributed by atoms with Gasteiger partial charge in [-0.3, -0.25) is 0 Å². The smallest absolute Gasteiger partial charge is 0.000395 e. The second-order valence-corrected chi connectivity index (χ2v) is 1.99. The average Bonchev–Trinajstić information content (AvgIpc) is 1.32. The largest absolute Gasteiger partial charge is 0.391 e. The zero-order valence-electron chi connectivity index (χ0n) is 4.89. The zero-order valence-corrected chi connectivity index (χ0v) is 10.6. The van der Waals surface area contributed by atoms with Gasteiger partial charge in [-0.05, 0) is 0 Å². The topological polar surface area (TPSA) is 9.23 Å². The molecule has 1 nitrogen and oxygen atoms in total. The molecule has 1 saturated heterocycles. The third-order valence-corrected chi connectivity index (χ3v) is 0.816. The Labute approximate surface area is 101 Å². The van der Waals surface area contributed by atoms with Gasteiger partial charge in [0.05, 0.1) is 0 Å². The molecule has 8 heavy (non-hydrogen) atoms. The molecule has 0 spiro atoms. The first-order chi connectivity index (χ1) is 2.71. The van der Waals surface area contributed by atoms with Gasteiger partial charge < -0.3 is 18.6 Å². The van der Waals surface area contributed by atoms with Crippen molar-refractivity contribution >= 4 is 0 Å². The molecule has 0 aromatic carbocycles. The zero-order chi connectivity index (χ0) is 4.62. The summed E-state index contributed by atoms with van der Waals surface area (Å²) in [6.07, 6.45) is 0. The molecule has 0 N–H and O–H groups in total. The molecule has 1 aliphatic rings. The fourth-order valence-electron chi connectivity index (χ4n) is 0.391. The Morgan fingerprint density at radius 1 is 1.12 bits per heavy atom. The molecule has 3 heteroatoms. The van der Waals surface area contributed by atoms with E-state index in [1.807, 2.05) is 0 Å². The first kappa shape index (κ1) is 12.8. The molecule has 2 radical (unpaired) electrons. The molecular formula is C5H8OY2-2. The molecule has 0 bridgehead atoms. The fraction of sp³-hybridized carbons (Fsp3) is 0.600. The number of ether oxygens (including phenoxy) is 1. The molecule has 0 aliphatic carbocycles. The number of hydrogen-bond donors (Lipinski definition) is 0. The molecule has 0 aromatic rings. The second-order valence-electron chi connectivity index (χ2n) is 1.99. The van der Waals surface area contributed by atoms with E-state index in [0.717, 1.165) is 13.2 Å². The van der Waals surface area contributed by atoms with E-state index in [4.69, 9.17) is 4.74 Å². The third-order valence-electron chi connectivity index (χ3n) is 0.816. The Kier molecular flexibility index (Phi) is 7.85. The van der Waals surface area contributed by atoms with Crippen molar-refractivity contribution in [3.63, 3.8) is 0 Å². The van der Waals surface area contributed by atoms with Crippen LogP contribution in [0.1, 0.15) is 0 Å². The van der Waals surface area contributed by atoms with Crippen LogP contribution in [-0.2, 0) is 70.2 Å². The van der Waals surface area contributed by atoms with Crippen LogP contribution in [0.5, 0.6) is 0 Å². The molecule has 0 aromatic heterocycles. The van der Waals surface area contributed by atoms with E-state index < -0.39 is 0 Å². The average molecular weight is 262 g/mol. The standard InChI is InChI=1S/C5H8O.2Y/c1-5(2)3-6-4-5;;/h1-4H2;;/q-2;;. The van der Waals surface area contributed by atoms with E-state index in [1.165, 1.54) is 0 Å². The van der Waals surface area contributed by atoms with Crippen molar-refractivity contribution in [1.29, 1.82) is 0 Å². The summed E-state index contributed by atoms with van der Waals surface area (Å²) in [7, 11) is 0. The van der Waals surface area contributed by atoms with Gasteiger partial charge in [-0.2, -0.15) is 0 Å². The van der Waals surface area contributed by atoms with Gasteiger partial charge in [0.15, 0.2) is 0 Å². The molecule has 0 atom stereocenters. The van der Waals surface area contributed by atoms with Crippen molar-refractivity contribution in [2.24, 2.45) is 5.41 Å². The maximum atomic E-state index is 4.81. The van der Waals surface area contributed by atoms with Crippen LogP contribution in [0.3, 0.4) is 0 Å². The van der Waals surface area contributed by atoms with Gasteiger partial charge in [0, 0.05) is 78.6 Å². The summed E-state index contributed by atoms with van der Waals surface area (Å²) in [6, 6.07) is 0. The summed E-state index contributed by atoms with van der Waals surface area (Å²) < 4.78 is 4.81. The maximum Gasteiger partial charge on any atom is 0.000395 e. The van der Waals surface area contributed by atoms with Crippen LogP contribution < -0.4 is 0 Å². The Morgan fingerprint density at radius 2 is 1.38 bits per heavy atom. The normalized spacial score (nSPS) is 21.8. The van der Waals surface area contributed by atoms with Crippen LogP contribution in [0.4, 0.5) is 0 Å². The summed E-state index contributed by atoms with van der Waals surface area (Å²) in [4.78, 5) is 0. The molecule has 1 fully saturated rings. The van der Waals surface area contributed by atoms with E-state index in [0.29, 0.717) is 0 Å². The maximum absolute atomic E-state index is 4.81. The molecular weight excluding hydrogens is 254 g/mol. The van der Waals surface area contributed by atoms with Gasteiger partial charge in [-0.15, -0.1) is 0 Å². The van der Waals surface area contributed by atoms with Gasteiger partial charge in [0.2, 0.25) is 0 Å². The predicted octanol–water partition coefficient (Wildman–Crippen LogP) is 0.666. The van der Waals surface area contributed by atoms with Gasteiger partial charge >= 0.3 is 0 Å². The van der Waals surface area contributed by atoms with Crippen LogP contribution in [0.2, 0.25) is 0 Å². The minimum Gasteiger partial charge on any atom is -0.391 e. The fourth-order valence-corrected chi connectivity index (χ4v) is 0.391. The molecule has 0 unspecified atom stereocenters. The van der Waals surface area contributed by atoms with Crippen molar-refractivity contribution in [2.45, 2.75) is 0 Å². The molecule has 1 aliphatic heterocycles. The van der Waals surface area contributed by atoms with Crippen LogP contribution in [-0.4, -0.2) is 13.2 Å². The quantitative estimate of drug-likeness (QED) is 0.583. The number of rotatable bonds is 0. The molecule has 1 heterocycles. The van der Waals surface area contributed by atoms with Crippen molar-refractivity contribution < 1.29 is 70.2 Å². The van der Waals surface area contributed by atoms with E-state index in [-0.39, 0.29) is 70.8 Å². The van der Waals surface area contributed by atoms with Gasteiger partial charge in [0.1, 0.15) is 0 Å². The monoisotopic (exact) mass is 262 g/mol. The third kappa shape index (κ3) is 4.06. The van der Waals surface area contributed by atoms with Crippen molar-refractivity contribution in [1.82, 2.24) is 0 Å². The Morgan fingerprint density at radius 3 is 1.38 bits per heavy atom. The Hall–Kier alpha value is 2.17.